The second kappa shape index (κ2) is 8.61. The highest BCUT2D eigenvalue weighted by atomic mass is 16.3. The number of phenols is 1. The minimum Gasteiger partial charge on any atom is -0.508 e. The summed E-state index contributed by atoms with van der Waals surface area (Å²) in [7, 11) is 0. The molecule has 6 aromatic rings. The Morgan fingerprint density at radius 1 is 0.629 bits per heavy atom. The van der Waals surface area contributed by atoms with E-state index in [1.54, 1.807) is 16.5 Å². The van der Waals surface area contributed by atoms with Crippen LogP contribution < -0.4 is 0 Å². The Morgan fingerprint density at radius 3 is 2.14 bits per heavy atom. The fourth-order valence-electron chi connectivity index (χ4n) is 4.48. The molecule has 0 bridgehead atoms. The average Bonchev–Trinajstić information content (AvgIpc) is 3.20. The minimum absolute atomic E-state index is 0.116. The van der Waals surface area contributed by atoms with Gasteiger partial charge in [0.1, 0.15) is 11.4 Å². The van der Waals surface area contributed by atoms with Gasteiger partial charge in [0.2, 0.25) is 5.88 Å². The number of fused-ring (bicyclic) bond motifs is 2. The molecule has 0 aliphatic heterocycles. The second-order valence-electron chi connectivity index (χ2n) is 8.72. The number of imidazole rings is 1. The molecule has 4 aromatic carbocycles. The normalized spacial score (nSPS) is 11.3. The molecule has 0 aliphatic rings. The van der Waals surface area contributed by atoms with Gasteiger partial charge in [0.05, 0.1) is 11.4 Å². The van der Waals surface area contributed by atoms with Crippen LogP contribution in [-0.4, -0.2) is 24.6 Å². The molecule has 5 nitrogen and oxygen atoms in total. The van der Waals surface area contributed by atoms with Crippen molar-refractivity contribution in [1.29, 1.82) is 0 Å². The van der Waals surface area contributed by atoms with E-state index in [0.717, 1.165) is 27.8 Å². The third-order valence-corrected chi connectivity index (χ3v) is 6.28. The van der Waals surface area contributed by atoms with Crippen molar-refractivity contribution < 1.29 is 10.2 Å². The maximum Gasteiger partial charge on any atom is 0.219 e. The number of phenolic OH excluding ortho intramolecular Hbond substituents is 1. The van der Waals surface area contributed by atoms with Crippen molar-refractivity contribution in [2.45, 2.75) is 12.8 Å². The highest BCUT2D eigenvalue weighted by Gasteiger charge is 2.18. The SMILES string of the molecule is Oc1ccc(-c2cn3c(O)c(Cc4ccc5ccccc5c4)nc3c(Cc3ccccc3)n2)cc1. The molecule has 2 aromatic heterocycles. The lowest BCUT2D eigenvalue weighted by molar-refractivity contribution is 0.442. The van der Waals surface area contributed by atoms with Gasteiger partial charge in [0, 0.05) is 24.6 Å². The van der Waals surface area contributed by atoms with Gasteiger partial charge >= 0.3 is 0 Å². The molecule has 5 heteroatoms. The maximum atomic E-state index is 11.2. The van der Waals surface area contributed by atoms with Crippen LogP contribution in [0.4, 0.5) is 0 Å². The molecule has 0 fully saturated rings. The highest BCUT2D eigenvalue weighted by Crippen LogP contribution is 2.29. The van der Waals surface area contributed by atoms with Crippen LogP contribution in [0.15, 0.2) is 103 Å². The Balaban J connectivity index is 1.47. The fourth-order valence-corrected chi connectivity index (χ4v) is 4.48. The van der Waals surface area contributed by atoms with Crippen LogP contribution in [-0.2, 0) is 12.8 Å². The van der Waals surface area contributed by atoms with Crippen molar-refractivity contribution in [2.24, 2.45) is 0 Å². The van der Waals surface area contributed by atoms with Gasteiger partial charge in [-0.15, -0.1) is 0 Å². The molecule has 2 heterocycles. The summed E-state index contributed by atoms with van der Waals surface area (Å²) >= 11 is 0. The Morgan fingerprint density at radius 2 is 1.34 bits per heavy atom. The third kappa shape index (κ3) is 4.08. The van der Waals surface area contributed by atoms with Gasteiger partial charge in [-0.05, 0) is 46.2 Å². The molecular formula is C30H23N3O2. The number of nitrogens with zero attached hydrogens (tertiary/aromatic N) is 3. The van der Waals surface area contributed by atoms with Crippen LogP contribution in [0.25, 0.3) is 27.7 Å². The summed E-state index contributed by atoms with van der Waals surface area (Å²) in [5.41, 5.74) is 5.78. The summed E-state index contributed by atoms with van der Waals surface area (Å²) in [6.07, 6.45) is 2.90. The summed E-state index contributed by atoms with van der Waals surface area (Å²) in [6.45, 7) is 0. The Bertz CT molecular complexity index is 1660. The first-order chi connectivity index (χ1) is 17.1. The van der Waals surface area contributed by atoms with Crippen molar-refractivity contribution in [3.63, 3.8) is 0 Å². The van der Waals surface area contributed by atoms with E-state index in [1.807, 2.05) is 48.7 Å². The van der Waals surface area contributed by atoms with Crippen LogP contribution in [0.2, 0.25) is 0 Å². The summed E-state index contributed by atoms with van der Waals surface area (Å²) in [5.74, 6) is 0.312. The standard InChI is InChI=1S/C30H23N3O2/c34-25-14-12-23(13-15-25)28-19-33-29(26(31-28)17-20-6-2-1-3-7-20)32-27(30(33)35)18-21-10-11-22-8-4-5-9-24(22)16-21/h1-16,19,34-35H,17-18H2. The molecule has 170 valence electrons. The number of aromatic hydroxyl groups is 2. The zero-order chi connectivity index (χ0) is 23.8. The third-order valence-electron chi connectivity index (χ3n) is 6.28. The smallest absolute Gasteiger partial charge is 0.219 e. The van der Waals surface area contributed by atoms with Gasteiger partial charge in [0.15, 0.2) is 5.65 Å². The molecule has 0 amide bonds. The maximum absolute atomic E-state index is 11.2. The van der Waals surface area contributed by atoms with Crippen LogP contribution in [0, 0.1) is 0 Å². The zero-order valence-electron chi connectivity index (χ0n) is 19.0. The van der Waals surface area contributed by atoms with E-state index >= 15 is 0 Å². The molecule has 35 heavy (non-hydrogen) atoms. The van der Waals surface area contributed by atoms with Crippen LogP contribution in [0.3, 0.4) is 0 Å². The first kappa shape index (κ1) is 20.9. The lowest BCUT2D eigenvalue weighted by Crippen LogP contribution is -2.00. The van der Waals surface area contributed by atoms with Gasteiger partial charge in [-0.2, -0.15) is 0 Å². The molecule has 0 atom stereocenters. The molecule has 0 unspecified atom stereocenters. The Kier molecular flexibility index (Phi) is 5.15. The molecule has 2 N–H and O–H groups in total. The monoisotopic (exact) mass is 457 g/mol. The van der Waals surface area contributed by atoms with Crippen molar-refractivity contribution in [3.05, 3.63) is 126 Å². The first-order valence-electron chi connectivity index (χ1n) is 11.5. The van der Waals surface area contributed by atoms with E-state index in [-0.39, 0.29) is 11.6 Å². The Labute approximate surface area is 202 Å². The lowest BCUT2D eigenvalue weighted by Gasteiger charge is -2.08. The van der Waals surface area contributed by atoms with Crippen molar-refractivity contribution in [2.75, 3.05) is 0 Å². The second-order valence-corrected chi connectivity index (χ2v) is 8.72. The zero-order valence-corrected chi connectivity index (χ0v) is 19.0. The van der Waals surface area contributed by atoms with E-state index in [9.17, 15) is 10.2 Å². The lowest BCUT2D eigenvalue weighted by atomic mass is 10.0. The highest BCUT2D eigenvalue weighted by molar-refractivity contribution is 5.83. The molecule has 0 radical (unpaired) electrons. The molecule has 0 saturated carbocycles. The first-order valence-corrected chi connectivity index (χ1v) is 11.5. The van der Waals surface area contributed by atoms with Crippen LogP contribution in [0.1, 0.15) is 22.5 Å². The van der Waals surface area contributed by atoms with E-state index in [2.05, 4.69) is 42.5 Å². The molecule has 0 aliphatic carbocycles. The van der Waals surface area contributed by atoms with Gasteiger partial charge in [-0.1, -0.05) is 72.8 Å². The largest absolute Gasteiger partial charge is 0.508 e. The van der Waals surface area contributed by atoms with Crippen LogP contribution >= 0.6 is 0 Å². The van der Waals surface area contributed by atoms with Crippen molar-refractivity contribution in [1.82, 2.24) is 14.4 Å². The summed E-state index contributed by atoms with van der Waals surface area (Å²) < 4.78 is 1.73. The van der Waals surface area contributed by atoms with Crippen molar-refractivity contribution in [3.8, 4) is 22.9 Å². The summed E-state index contributed by atoms with van der Waals surface area (Å²) in [4.78, 5) is 9.77. The number of hydrogen-bond donors (Lipinski definition) is 2. The van der Waals surface area contributed by atoms with E-state index < -0.39 is 0 Å². The molecule has 0 spiro atoms. The van der Waals surface area contributed by atoms with Gasteiger partial charge in [0.25, 0.3) is 0 Å². The van der Waals surface area contributed by atoms with E-state index in [0.29, 0.717) is 29.9 Å². The van der Waals surface area contributed by atoms with E-state index in [1.165, 1.54) is 5.39 Å². The quantitative estimate of drug-likeness (QED) is 0.326. The number of rotatable bonds is 5. The molecule has 6 rings (SSSR count). The summed E-state index contributed by atoms with van der Waals surface area (Å²) in [5, 5.41) is 23.3. The number of aromatic nitrogens is 3. The molecular weight excluding hydrogens is 434 g/mol. The Hall–Kier alpha value is -4.64. The van der Waals surface area contributed by atoms with Crippen molar-refractivity contribution >= 4 is 16.4 Å². The average molecular weight is 458 g/mol. The van der Waals surface area contributed by atoms with Gasteiger partial charge in [-0.3, -0.25) is 4.40 Å². The predicted octanol–water partition coefficient (Wildman–Crippen LogP) is 6.14. The number of benzene rings is 4. The number of hydrogen-bond acceptors (Lipinski definition) is 4. The topological polar surface area (TPSA) is 70.7 Å². The fraction of sp³-hybridized carbons (Fsp3) is 0.0667. The van der Waals surface area contributed by atoms with Gasteiger partial charge in [-0.25, -0.2) is 9.97 Å². The van der Waals surface area contributed by atoms with E-state index in [4.69, 9.17) is 9.97 Å². The summed E-state index contributed by atoms with van der Waals surface area (Å²) in [6, 6.07) is 31.6. The van der Waals surface area contributed by atoms with Crippen LogP contribution in [0.5, 0.6) is 11.6 Å². The predicted molar refractivity (Wildman–Crippen MR) is 138 cm³/mol. The minimum atomic E-state index is 0.116. The van der Waals surface area contributed by atoms with Gasteiger partial charge < -0.3 is 10.2 Å². The molecule has 0 saturated heterocycles.